The predicted molar refractivity (Wildman–Crippen MR) is 79.2 cm³/mol. The molecule has 108 valence electrons. The Morgan fingerprint density at radius 3 is 2.47 bits per heavy atom. The minimum absolute atomic E-state index is 0.0665. The van der Waals surface area contributed by atoms with E-state index in [-0.39, 0.29) is 5.54 Å². The normalized spacial score (nSPS) is 18.6. The van der Waals surface area contributed by atoms with Gasteiger partial charge in [-0.15, -0.1) is 0 Å². The maximum atomic E-state index is 4.44. The SMILES string of the molecule is CN(C)C1(CNCc2cnn(C(C)(C)C)c2)CCC1. The number of nitrogens with one attached hydrogen (secondary N) is 1. The van der Waals surface area contributed by atoms with Gasteiger partial charge in [-0.05, 0) is 54.1 Å². The smallest absolute Gasteiger partial charge is 0.0543 e. The largest absolute Gasteiger partial charge is 0.311 e. The van der Waals surface area contributed by atoms with E-state index in [0.717, 1.165) is 13.1 Å². The van der Waals surface area contributed by atoms with Gasteiger partial charge in [0.1, 0.15) is 0 Å². The van der Waals surface area contributed by atoms with Gasteiger partial charge in [-0.25, -0.2) is 0 Å². The molecule has 0 atom stereocenters. The van der Waals surface area contributed by atoms with E-state index < -0.39 is 0 Å². The molecule has 0 unspecified atom stereocenters. The Kier molecular flexibility index (Phi) is 4.02. The molecule has 1 aliphatic rings. The molecule has 0 aliphatic heterocycles. The first-order valence-corrected chi connectivity index (χ1v) is 7.26. The third kappa shape index (κ3) is 3.18. The Balaban J connectivity index is 1.84. The van der Waals surface area contributed by atoms with Crippen molar-refractivity contribution in [2.75, 3.05) is 20.6 Å². The van der Waals surface area contributed by atoms with Gasteiger partial charge in [-0.2, -0.15) is 5.10 Å². The highest BCUT2D eigenvalue weighted by molar-refractivity contribution is 5.06. The van der Waals surface area contributed by atoms with E-state index in [2.05, 4.69) is 56.4 Å². The lowest BCUT2D eigenvalue weighted by Crippen LogP contribution is -2.56. The van der Waals surface area contributed by atoms with Crippen LogP contribution in [0.3, 0.4) is 0 Å². The lowest BCUT2D eigenvalue weighted by atomic mass is 9.75. The summed E-state index contributed by atoms with van der Waals surface area (Å²) in [6.45, 7) is 8.50. The fraction of sp³-hybridized carbons (Fsp3) is 0.800. The number of hydrogen-bond donors (Lipinski definition) is 1. The van der Waals surface area contributed by atoms with Gasteiger partial charge in [0.2, 0.25) is 0 Å². The minimum Gasteiger partial charge on any atom is -0.311 e. The minimum atomic E-state index is 0.0665. The summed E-state index contributed by atoms with van der Waals surface area (Å²) in [6, 6.07) is 0. The second-order valence-corrected chi connectivity index (χ2v) is 7.04. The maximum absolute atomic E-state index is 4.44. The molecular formula is C15H28N4. The van der Waals surface area contributed by atoms with Crippen LogP contribution in [0.2, 0.25) is 0 Å². The van der Waals surface area contributed by atoms with Crippen molar-refractivity contribution < 1.29 is 0 Å². The fourth-order valence-corrected chi connectivity index (χ4v) is 2.62. The standard InChI is InChI=1S/C15H28N4/c1-14(2,3)19-11-13(10-17-19)9-16-12-15(18(4)5)7-6-8-15/h10-11,16H,6-9,12H2,1-5H3. The number of hydrogen-bond acceptors (Lipinski definition) is 3. The summed E-state index contributed by atoms with van der Waals surface area (Å²) in [7, 11) is 4.39. The van der Waals surface area contributed by atoms with Gasteiger partial charge < -0.3 is 10.2 Å². The molecule has 0 bridgehead atoms. The van der Waals surface area contributed by atoms with E-state index >= 15 is 0 Å². The van der Waals surface area contributed by atoms with Crippen molar-refractivity contribution in [2.24, 2.45) is 0 Å². The Morgan fingerprint density at radius 2 is 2.05 bits per heavy atom. The van der Waals surface area contributed by atoms with E-state index in [0.29, 0.717) is 5.54 Å². The molecule has 1 N–H and O–H groups in total. The third-order valence-electron chi connectivity index (χ3n) is 4.34. The van der Waals surface area contributed by atoms with Crippen LogP contribution in [0.25, 0.3) is 0 Å². The van der Waals surface area contributed by atoms with Crippen LogP contribution in [0.5, 0.6) is 0 Å². The molecule has 1 fully saturated rings. The van der Waals surface area contributed by atoms with Crippen LogP contribution in [-0.4, -0.2) is 40.9 Å². The molecule has 1 aromatic heterocycles. The number of aromatic nitrogens is 2. The van der Waals surface area contributed by atoms with Gasteiger partial charge in [0.05, 0.1) is 11.7 Å². The van der Waals surface area contributed by atoms with Crippen molar-refractivity contribution in [3.63, 3.8) is 0 Å². The van der Waals surface area contributed by atoms with Gasteiger partial charge in [0.15, 0.2) is 0 Å². The lowest BCUT2D eigenvalue weighted by molar-refractivity contribution is 0.0598. The van der Waals surface area contributed by atoms with Gasteiger partial charge >= 0.3 is 0 Å². The molecule has 1 saturated carbocycles. The van der Waals surface area contributed by atoms with Crippen molar-refractivity contribution in [1.82, 2.24) is 20.0 Å². The molecule has 1 aliphatic carbocycles. The lowest BCUT2D eigenvalue weighted by Gasteiger charge is -2.47. The van der Waals surface area contributed by atoms with E-state index in [9.17, 15) is 0 Å². The summed E-state index contributed by atoms with van der Waals surface area (Å²) in [5.41, 5.74) is 1.72. The first-order chi connectivity index (χ1) is 8.83. The van der Waals surface area contributed by atoms with Crippen LogP contribution in [0, 0.1) is 0 Å². The average molecular weight is 264 g/mol. The van der Waals surface area contributed by atoms with Crippen molar-refractivity contribution in [3.05, 3.63) is 18.0 Å². The van der Waals surface area contributed by atoms with Crippen molar-refractivity contribution in [1.29, 1.82) is 0 Å². The van der Waals surface area contributed by atoms with E-state index in [1.165, 1.54) is 24.8 Å². The van der Waals surface area contributed by atoms with Crippen molar-refractivity contribution in [3.8, 4) is 0 Å². The van der Waals surface area contributed by atoms with E-state index in [1.54, 1.807) is 0 Å². The zero-order valence-electron chi connectivity index (χ0n) is 13.0. The highest BCUT2D eigenvalue weighted by Crippen LogP contribution is 2.35. The monoisotopic (exact) mass is 264 g/mol. The Labute approximate surface area is 117 Å². The predicted octanol–water partition coefficient (Wildman–Crippen LogP) is 2.21. The molecule has 1 heterocycles. The first kappa shape index (κ1) is 14.5. The third-order valence-corrected chi connectivity index (χ3v) is 4.34. The van der Waals surface area contributed by atoms with E-state index in [4.69, 9.17) is 0 Å². The summed E-state index contributed by atoms with van der Waals surface area (Å²) in [4.78, 5) is 2.38. The van der Waals surface area contributed by atoms with Crippen molar-refractivity contribution in [2.45, 2.75) is 57.7 Å². The topological polar surface area (TPSA) is 33.1 Å². The maximum Gasteiger partial charge on any atom is 0.0543 e. The summed E-state index contributed by atoms with van der Waals surface area (Å²) < 4.78 is 2.04. The van der Waals surface area contributed by atoms with Gasteiger partial charge in [-0.1, -0.05) is 0 Å². The van der Waals surface area contributed by atoms with Gasteiger partial charge in [0.25, 0.3) is 0 Å². The fourth-order valence-electron chi connectivity index (χ4n) is 2.62. The second kappa shape index (κ2) is 5.25. The summed E-state index contributed by atoms with van der Waals surface area (Å²) in [6.07, 6.45) is 8.11. The molecule has 0 saturated heterocycles. The summed E-state index contributed by atoms with van der Waals surface area (Å²) in [5.74, 6) is 0. The average Bonchev–Trinajstić information content (AvgIpc) is 2.69. The molecule has 2 rings (SSSR count). The molecule has 0 amide bonds. The molecule has 0 aromatic carbocycles. The molecule has 4 heteroatoms. The molecule has 0 spiro atoms. The quantitative estimate of drug-likeness (QED) is 0.885. The van der Waals surface area contributed by atoms with Crippen LogP contribution in [0.1, 0.15) is 45.6 Å². The van der Waals surface area contributed by atoms with Crippen molar-refractivity contribution >= 4 is 0 Å². The summed E-state index contributed by atoms with van der Waals surface area (Å²) >= 11 is 0. The van der Waals surface area contributed by atoms with E-state index in [1.807, 2.05) is 10.9 Å². The zero-order chi connectivity index (χ0) is 14.1. The van der Waals surface area contributed by atoms with Crippen LogP contribution < -0.4 is 5.32 Å². The molecule has 0 radical (unpaired) electrons. The van der Waals surface area contributed by atoms with Crippen LogP contribution in [-0.2, 0) is 12.1 Å². The highest BCUT2D eigenvalue weighted by atomic mass is 15.3. The summed E-state index contributed by atoms with van der Waals surface area (Å²) in [5, 5.41) is 8.03. The Morgan fingerprint density at radius 1 is 1.37 bits per heavy atom. The molecule has 1 aromatic rings. The Bertz CT molecular complexity index is 410. The molecule has 19 heavy (non-hydrogen) atoms. The molecular weight excluding hydrogens is 236 g/mol. The number of likely N-dealkylation sites (N-methyl/N-ethyl adjacent to an activating group) is 1. The zero-order valence-corrected chi connectivity index (χ0v) is 13.0. The van der Waals surface area contributed by atoms with Gasteiger partial charge in [0, 0.05) is 30.4 Å². The van der Waals surface area contributed by atoms with Gasteiger partial charge in [-0.3, -0.25) is 4.68 Å². The second-order valence-electron chi connectivity index (χ2n) is 7.04. The first-order valence-electron chi connectivity index (χ1n) is 7.26. The Hall–Kier alpha value is -0.870. The van der Waals surface area contributed by atoms with Crippen LogP contribution in [0.4, 0.5) is 0 Å². The van der Waals surface area contributed by atoms with Crippen LogP contribution >= 0.6 is 0 Å². The molecule has 4 nitrogen and oxygen atoms in total. The number of rotatable bonds is 5. The number of nitrogens with zero attached hydrogens (tertiary/aromatic N) is 3. The highest BCUT2D eigenvalue weighted by Gasteiger charge is 2.38. The van der Waals surface area contributed by atoms with Crippen LogP contribution in [0.15, 0.2) is 12.4 Å².